The third-order valence-corrected chi connectivity index (χ3v) is 12.0. The molecule has 0 spiro atoms. The predicted molar refractivity (Wildman–Crippen MR) is 116 cm³/mol. The highest BCUT2D eigenvalue weighted by Crippen LogP contribution is 2.40. The van der Waals surface area contributed by atoms with Crippen LogP contribution in [0.15, 0.2) is 0 Å². The van der Waals surface area contributed by atoms with E-state index in [4.69, 9.17) is 28.8 Å². The third-order valence-electron chi connectivity index (χ3n) is 5.82. The summed E-state index contributed by atoms with van der Waals surface area (Å²) in [6.45, 7) is 20.0. The maximum absolute atomic E-state index is 8.00. The molecule has 2 heterocycles. The van der Waals surface area contributed by atoms with Crippen LogP contribution in [-0.4, -0.2) is 73.4 Å². The van der Waals surface area contributed by atoms with Gasteiger partial charge >= 0.3 is 0 Å². The molecular weight excluding hydrogens is 392 g/mol. The minimum Gasteiger partial charge on any atom is -0.457 e. The zero-order valence-electron chi connectivity index (χ0n) is 18.9. The Morgan fingerprint density at radius 2 is 1.61 bits per heavy atom. The second kappa shape index (κ2) is 9.13. The molecule has 0 aliphatic carbocycles. The van der Waals surface area contributed by atoms with Crippen molar-refractivity contribution >= 4 is 22.4 Å². The van der Waals surface area contributed by atoms with E-state index in [9.17, 15) is 0 Å². The summed E-state index contributed by atoms with van der Waals surface area (Å²) in [7, 11) is -2.99. The first kappa shape index (κ1) is 23.8. The van der Waals surface area contributed by atoms with E-state index in [1.165, 1.54) is 0 Å². The highest BCUT2D eigenvalue weighted by Gasteiger charge is 2.52. The summed E-state index contributed by atoms with van der Waals surface area (Å²) in [6.07, 6.45) is -0.670. The molecule has 7 nitrogen and oxygen atoms in total. The lowest BCUT2D eigenvalue weighted by Gasteiger charge is -2.39. The fraction of sp³-hybridized carbons (Fsp3) is 0.947. The van der Waals surface area contributed by atoms with Gasteiger partial charge in [0.25, 0.3) is 6.02 Å². The van der Waals surface area contributed by atoms with Gasteiger partial charge in [0.15, 0.2) is 14.4 Å². The molecule has 2 aliphatic rings. The first-order valence-corrected chi connectivity index (χ1v) is 16.9. The van der Waals surface area contributed by atoms with E-state index in [1.807, 2.05) is 0 Å². The highest BCUT2D eigenvalue weighted by atomic mass is 28.4. The smallest absolute Gasteiger partial charge is 0.283 e. The van der Waals surface area contributed by atoms with E-state index in [-0.39, 0.29) is 42.2 Å². The van der Waals surface area contributed by atoms with Crippen molar-refractivity contribution in [2.75, 3.05) is 26.6 Å². The van der Waals surface area contributed by atoms with Crippen LogP contribution in [0, 0.1) is 5.41 Å². The molecule has 2 N–H and O–H groups in total. The third kappa shape index (κ3) is 6.53. The van der Waals surface area contributed by atoms with Crippen molar-refractivity contribution in [2.24, 2.45) is 0 Å². The van der Waals surface area contributed by atoms with Gasteiger partial charge < -0.3 is 28.7 Å². The van der Waals surface area contributed by atoms with Crippen molar-refractivity contribution < 1.29 is 23.4 Å². The lowest BCUT2D eigenvalue weighted by Crippen LogP contribution is -2.47. The fourth-order valence-corrected chi connectivity index (χ4v) is 5.02. The molecule has 1 unspecified atom stereocenters. The van der Waals surface area contributed by atoms with Crippen LogP contribution in [0.2, 0.25) is 43.8 Å². The standard InChI is InChI=1S/C19H40N2O5Si2/c1-19(2,3)28(7,8)26-15-12-24-16-14(11-23-17(15)16)25-18(20)21-13-22-9-10-27(4,5)6/h14-17H,9-13H2,1-8H3,(H2,20,21)/t14-,15?,16-,17-/m1/s1. The van der Waals surface area contributed by atoms with Gasteiger partial charge in [-0.2, -0.15) is 0 Å². The van der Waals surface area contributed by atoms with Crippen LogP contribution in [0.3, 0.4) is 0 Å². The molecular formula is C19H40N2O5Si2. The number of hydrogen-bond donors (Lipinski definition) is 2. The second-order valence-corrected chi connectivity index (χ2v) is 20.9. The van der Waals surface area contributed by atoms with Gasteiger partial charge in [-0.1, -0.05) is 40.4 Å². The summed E-state index contributed by atoms with van der Waals surface area (Å²) in [6, 6.07) is 1.10. The quantitative estimate of drug-likeness (QED) is 0.201. The molecule has 2 aliphatic heterocycles. The molecule has 0 bridgehead atoms. The Morgan fingerprint density at radius 3 is 2.18 bits per heavy atom. The summed E-state index contributed by atoms with van der Waals surface area (Å²) in [5.41, 5.74) is 0. The Kier molecular flexibility index (Phi) is 7.77. The van der Waals surface area contributed by atoms with Crippen molar-refractivity contribution in [1.29, 1.82) is 5.41 Å². The largest absolute Gasteiger partial charge is 0.457 e. The number of hydrogen-bond acceptors (Lipinski definition) is 6. The van der Waals surface area contributed by atoms with Crippen LogP contribution in [0.1, 0.15) is 20.8 Å². The van der Waals surface area contributed by atoms with E-state index in [0.29, 0.717) is 19.8 Å². The molecule has 2 fully saturated rings. The van der Waals surface area contributed by atoms with Crippen molar-refractivity contribution in [3.8, 4) is 0 Å². The molecule has 2 rings (SSSR count). The molecule has 9 heteroatoms. The van der Waals surface area contributed by atoms with Gasteiger partial charge in [0.1, 0.15) is 18.9 Å². The molecule has 2 saturated heterocycles. The lowest BCUT2D eigenvalue weighted by atomic mass is 10.1. The van der Waals surface area contributed by atoms with Gasteiger partial charge in [-0.3, -0.25) is 5.41 Å². The number of rotatable bonds is 8. The Morgan fingerprint density at radius 1 is 1.04 bits per heavy atom. The van der Waals surface area contributed by atoms with Crippen LogP contribution >= 0.6 is 0 Å². The average Bonchev–Trinajstić information content (AvgIpc) is 3.08. The zero-order chi connectivity index (χ0) is 21.2. The minimum atomic E-state index is -1.89. The first-order chi connectivity index (χ1) is 12.8. The SMILES string of the molecule is CC(C)(C)[Si](C)(C)OC1CO[C@H]2[C@@H]1OC[C@H]2OC(=N)NCOCC[Si](C)(C)C. The van der Waals surface area contributed by atoms with Gasteiger partial charge in [-0.25, -0.2) is 0 Å². The molecule has 0 aromatic carbocycles. The van der Waals surface area contributed by atoms with Crippen molar-refractivity contribution in [2.45, 2.75) is 89.0 Å². The number of nitrogens with one attached hydrogen (secondary N) is 2. The molecule has 164 valence electrons. The Labute approximate surface area is 172 Å². The molecule has 0 aromatic rings. The molecule has 0 radical (unpaired) electrons. The highest BCUT2D eigenvalue weighted by molar-refractivity contribution is 6.76. The van der Waals surface area contributed by atoms with E-state index in [1.54, 1.807) is 0 Å². The fourth-order valence-electron chi connectivity index (χ4n) is 2.95. The first-order valence-electron chi connectivity index (χ1n) is 10.3. The van der Waals surface area contributed by atoms with Crippen LogP contribution in [-0.2, 0) is 23.4 Å². The van der Waals surface area contributed by atoms with Crippen molar-refractivity contribution in [3.05, 3.63) is 0 Å². The summed E-state index contributed by atoms with van der Waals surface area (Å²) in [5, 5.41) is 11.0. The van der Waals surface area contributed by atoms with Crippen LogP contribution in [0.4, 0.5) is 0 Å². The molecule has 4 atom stereocenters. The normalized spacial score (nSPS) is 28.3. The van der Waals surface area contributed by atoms with Crippen molar-refractivity contribution in [3.63, 3.8) is 0 Å². The van der Waals surface area contributed by atoms with E-state index >= 15 is 0 Å². The van der Waals surface area contributed by atoms with Crippen LogP contribution in [0.25, 0.3) is 0 Å². The Balaban J connectivity index is 1.74. The van der Waals surface area contributed by atoms with Crippen LogP contribution < -0.4 is 5.32 Å². The summed E-state index contributed by atoms with van der Waals surface area (Å²) in [4.78, 5) is 0. The lowest BCUT2D eigenvalue weighted by molar-refractivity contribution is 0.00709. The van der Waals surface area contributed by atoms with Gasteiger partial charge in [0, 0.05) is 14.7 Å². The number of amidine groups is 1. The topological polar surface area (TPSA) is 82.0 Å². The molecule has 0 saturated carbocycles. The number of ether oxygens (including phenoxy) is 4. The molecule has 0 aromatic heterocycles. The van der Waals surface area contributed by atoms with E-state index in [2.05, 4.69) is 58.8 Å². The zero-order valence-corrected chi connectivity index (χ0v) is 20.9. The van der Waals surface area contributed by atoms with E-state index in [0.717, 1.165) is 6.04 Å². The summed E-state index contributed by atoms with van der Waals surface area (Å²) >= 11 is 0. The molecule has 28 heavy (non-hydrogen) atoms. The summed E-state index contributed by atoms with van der Waals surface area (Å²) < 4.78 is 29.7. The predicted octanol–water partition coefficient (Wildman–Crippen LogP) is 3.40. The maximum Gasteiger partial charge on any atom is 0.283 e. The molecule has 0 amide bonds. The Bertz CT molecular complexity index is 533. The van der Waals surface area contributed by atoms with Gasteiger partial charge in [0.05, 0.1) is 19.3 Å². The van der Waals surface area contributed by atoms with Crippen LogP contribution in [0.5, 0.6) is 0 Å². The Hall–Kier alpha value is -0.456. The van der Waals surface area contributed by atoms with Gasteiger partial charge in [0.2, 0.25) is 0 Å². The number of fused-ring (bicyclic) bond motifs is 1. The van der Waals surface area contributed by atoms with Gasteiger partial charge in [-0.05, 0) is 24.2 Å². The van der Waals surface area contributed by atoms with E-state index < -0.39 is 16.4 Å². The van der Waals surface area contributed by atoms with Crippen molar-refractivity contribution in [1.82, 2.24) is 5.32 Å². The van der Waals surface area contributed by atoms with Gasteiger partial charge in [-0.15, -0.1) is 0 Å². The summed E-state index contributed by atoms with van der Waals surface area (Å²) in [5.74, 6) is 0. The monoisotopic (exact) mass is 432 g/mol. The average molecular weight is 433 g/mol. The maximum atomic E-state index is 8.00. The second-order valence-electron chi connectivity index (χ2n) is 10.5. The minimum absolute atomic E-state index is 0.000353.